The lowest BCUT2D eigenvalue weighted by Gasteiger charge is -2.27. The average Bonchev–Trinajstić information content (AvgIpc) is 2.85. The van der Waals surface area contributed by atoms with Crippen molar-refractivity contribution in [2.45, 2.75) is 64.3 Å². The summed E-state index contributed by atoms with van der Waals surface area (Å²) in [5.74, 6) is 1.68. The van der Waals surface area contributed by atoms with Gasteiger partial charge in [-0.2, -0.15) is 0 Å². The monoisotopic (exact) mass is 280 g/mol. The van der Waals surface area contributed by atoms with Crippen LogP contribution < -0.4 is 4.90 Å². The minimum absolute atomic E-state index is 0.0677. The predicted molar refractivity (Wildman–Crippen MR) is 83.2 cm³/mol. The normalized spacial score (nSPS) is 20.1. The molecule has 1 aliphatic heterocycles. The third-order valence-corrected chi connectivity index (χ3v) is 4.25. The molecule has 0 radical (unpaired) electrons. The topological polar surface area (TPSA) is 16.1 Å². The van der Waals surface area contributed by atoms with Crippen molar-refractivity contribution in [3.8, 4) is 0 Å². The van der Waals surface area contributed by atoms with Gasteiger partial charge in [-0.15, -0.1) is 11.6 Å². The lowest BCUT2D eigenvalue weighted by Crippen LogP contribution is -2.30. The Hall–Kier alpha value is -0.760. The van der Waals surface area contributed by atoms with Gasteiger partial charge >= 0.3 is 0 Å². The Labute approximate surface area is 122 Å². The Bertz CT molecular complexity index is 437. The van der Waals surface area contributed by atoms with Gasteiger partial charge in [-0.25, -0.2) is 4.98 Å². The quantitative estimate of drug-likeness (QED) is 0.758. The number of hydrogen-bond donors (Lipinski definition) is 0. The summed E-state index contributed by atoms with van der Waals surface area (Å²) in [7, 11) is 0. The van der Waals surface area contributed by atoms with Crippen LogP contribution in [0.2, 0.25) is 0 Å². The van der Waals surface area contributed by atoms with Crippen molar-refractivity contribution >= 4 is 17.4 Å². The van der Waals surface area contributed by atoms with Crippen molar-refractivity contribution in [1.82, 2.24) is 4.98 Å². The third-order valence-electron chi connectivity index (χ3n) is 3.94. The molecule has 1 fully saturated rings. The highest BCUT2D eigenvalue weighted by Gasteiger charge is 2.26. The minimum atomic E-state index is 0.0677. The van der Waals surface area contributed by atoms with E-state index in [1.165, 1.54) is 24.8 Å². The fourth-order valence-electron chi connectivity index (χ4n) is 2.74. The zero-order valence-electron chi connectivity index (χ0n) is 12.5. The Balaban J connectivity index is 2.39. The fraction of sp³-hybridized carbons (Fsp3) is 0.688. The van der Waals surface area contributed by atoms with E-state index in [4.69, 9.17) is 16.6 Å². The summed E-state index contributed by atoms with van der Waals surface area (Å²) in [6.45, 7) is 10.0. The largest absolute Gasteiger partial charge is 0.354 e. The first kappa shape index (κ1) is 14.6. The molecular weight excluding hydrogens is 256 g/mol. The average molecular weight is 281 g/mol. The second kappa shape index (κ2) is 5.70. The van der Waals surface area contributed by atoms with E-state index < -0.39 is 0 Å². The maximum absolute atomic E-state index is 6.05. The van der Waals surface area contributed by atoms with Gasteiger partial charge < -0.3 is 4.90 Å². The summed E-state index contributed by atoms with van der Waals surface area (Å²) in [5, 5.41) is 0. The van der Waals surface area contributed by atoms with Crippen molar-refractivity contribution in [2.75, 3.05) is 11.4 Å². The van der Waals surface area contributed by atoms with Gasteiger partial charge in [0.2, 0.25) is 0 Å². The lowest BCUT2D eigenvalue weighted by atomic mass is 9.91. The number of halogens is 1. The molecule has 0 spiro atoms. The second-order valence-corrected chi connectivity index (χ2v) is 6.77. The maximum atomic E-state index is 6.05. The zero-order valence-corrected chi connectivity index (χ0v) is 13.3. The Kier molecular flexibility index (Phi) is 4.39. The van der Waals surface area contributed by atoms with E-state index in [0.29, 0.717) is 11.9 Å². The Morgan fingerprint density at radius 1 is 1.37 bits per heavy atom. The molecule has 0 aliphatic carbocycles. The molecule has 1 saturated heterocycles. The summed E-state index contributed by atoms with van der Waals surface area (Å²) in [6.07, 6.45) is 3.75. The van der Waals surface area contributed by atoms with Gasteiger partial charge in [0.25, 0.3) is 0 Å². The Morgan fingerprint density at radius 3 is 2.68 bits per heavy atom. The molecule has 0 amide bonds. The molecule has 2 rings (SSSR count). The van der Waals surface area contributed by atoms with Gasteiger partial charge in [0.1, 0.15) is 5.82 Å². The van der Waals surface area contributed by atoms with Gasteiger partial charge in [0.05, 0.1) is 0 Å². The van der Waals surface area contributed by atoms with Crippen molar-refractivity contribution in [1.29, 1.82) is 0 Å². The molecule has 0 aromatic carbocycles. The van der Waals surface area contributed by atoms with Crippen LogP contribution in [0, 0.1) is 0 Å². The molecule has 0 bridgehead atoms. The Morgan fingerprint density at radius 2 is 2.11 bits per heavy atom. The van der Waals surface area contributed by atoms with Gasteiger partial charge in [0, 0.05) is 29.6 Å². The van der Waals surface area contributed by atoms with Gasteiger partial charge in [0.15, 0.2) is 0 Å². The number of hydrogen-bond acceptors (Lipinski definition) is 2. The zero-order chi connectivity index (χ0) is 14.0. The summed E-state index contributed by atoms with van der Waals surface area (Å²) >= 11 is 6.05. The molecule has 19 heavy (non-hydrogen) atoms. The van der Waals surface area contributed by atoms with Crippen LogP contribution in [0.4, 0.5) is 5.82 Å². The van der Waals surface area contributed by atoms with Crippen LogP contribution in [-0.4, -0.2) is 17.6 Å². The molecule has 1 aromatic rings. The highest BCUT2D eigenvalue weighted by atomic mass is 35.5. The van der Waals surface area contributed by atoms with E-state index in [1.807, 2.05) is 0 Å². The molecule has 1 aromatic heterocycles. The summed E-state index contributed by atoms with van der Waals surface area (Å²) in [4.78, 5) is 7.36. The lowest BCUT2D eigenvalue weighted by molar-refractivity contribution is 0.564. The van der Waals surface area contributed by atoms with Gasteiger partial charge in [-0.05, 0) is 37.0 Å². The SMILES string of the molecule is CCC1CCCN1c1cc(CCl)cc(C(C)(C)C)n1. The number of aromatic nitrogens is 1. The summed E-state index contributed by atoms with van der Waals surface area (Å²) in [6, 6.07) is 4.95. The molecule has 106 valence electrons. The van der Waals surface area contributed by atoms with Crippen LogP contribution in [0.5, 0.6) is 0 Å². The van der Waals surface area contributed by atoms with Crippen LogP contribution in [0.25, 0.3) is 0 Å². The van der Waals surface area contributed by atoms with E-state index in [-0.39, 0.29) is 5.41 Å². The summed E-state index contributed by atoms with van der Waals surface area (Å²) in [5.41, 5.74) is 2.39. The van der Waals surface area contributed by atoms with Gasteiger partial charge in [-0.1, -0.05) is 27.7 Å². The maximum Gasteiger partial charge on any atom is 0.129 e. The molecule has 0 N–H and O–H groups in total. The number of rotatable bonds is 3. The fourth-order valence-corrected chi connectivity index (χ4v) is 2.90. The van der Waals surface area contributed by atoms with E-state index in [2.05, 4.69) is 44.7 Å². The number of alkyl halides is 1. The number of nitrogens with zero attached hydrogens (tertiary/aromatic N) is 2. The smallest absolute Gasteiger partial charge is 0.129 e. The third kappa shape index (κ3) is 3.22. The first-order valence-electron chi connectivity index (χ1n) is 7.29. The summed E-state index contributed by atoms with van der Waals surface area (Å²) < 4.78 is 0. The molecule has 0 saturated carbocycles. The molecule has 3 heteroatoms. The highest BCUT2D eigenvalue weighted by Crippen LogP contribution is 2.30. The minimum Gasteiger partial charge on any atom is -0.354 e. The molecular formula is C16H25ClN2. The number of anilines is 1. The molecule has 2 nitrogen and oxygen atoms in total. The van der Waals surface area contributed by atoms with Crippen molar-refractivity contribution in [2.24, 2.45) is 0 Å². The molecule has 1 atom stereocenters. The standard InChI is InChI=1S/C16H25ClN2/c1-5-13-7-6-8-19(13)15-10-12(11-17)9-14(18-15)16(2,3)4/h9-10,13H,5-8,11H2,1-4H3. The molecule has 1 aliphatic rings. The highest BCUT2D eigenvalue weighted by molar-refractivity contribution is 6.17. The van der Waals surface area contributed by atoms with Crippen LogP contribution in [0.3, 0.4) is 0 Å². The van der Waals surface area contributed by atoms with Crippen molar-refractivity contribution in [3.63, 3.8) is 0 Å². The van der Waals surface area contributed by atoms with Crippen LogP contribution in [0.1, 0.15) is 58.2 Å². The van der Waals surface area contributed by atoms with Crippen molar-refractivity contribution in [3.05, 3.63) is 23.4 Å². The molecule has 1 unspecified atom stereocenters. The first-order valence-corrected chi connectivity index (χ1v) is 7.83. The molecule has 2 heterocycles. The second-order valence-electron chi connectivity index (χ2n) is 6.50. The number of pyridine rings is 1. The van der Waals surface area contributed by atoms with E-state index >= 15 is 0 Å². The van der Waals surface area contributed by atoms with Crippen molar-refractivity contribution < 1.29 is 0 Å². The predicted octanol–water partition coefficient (Wildman–Crippen LogP) is 4.50. The van der Waals surface area contributed by atoms with E-state index in [9.17, 15) is 0 Å². The van der Waals surface area contributed by atoms with Crippen LogP contribution in [-0.2, 0) is 11.3 Å². The van der Waals surface area contributed by atoms with E-state index in [0.717, 1.165) is 18.1 Å². The van der Waals surface area contributed by atoms with E-state index in [1.54, 1.807) is 0 Å². The van der Waals surface area contributed by atoms with Gasteiger partial charge in [-0.3, -0.25) is 0 Å². The van der Waals surface area contributed by atoms with Crippen LogP contribution >= 0.6 is 11.6 Å². The first-order chi connectivity index (χ1) is 8.95. The van der Waals surface area contributed by atoms with Crippen LogP contribution in [0.15, 0.2) is 12.1 Å².